The summed E-state index contributed by atoms with van der Waals surface area (Å²) in [6, 6.07) is 6.65. The molecule has 4 atom stereocenters. The van der Waals surface area contributed by atoms with Crippen LogP contribution in [0.25, 0.3) is 0 Å². The third kappa shape index (κ3) is 9.83. The molecular formula is C33H52BClN4O6. The highest BCUT2D eigenvalue weighted by atomic mass is 35.5. The summed E-state index contributed by atoms with van der Waals surface area (Å²) in [5.41, 5.74) is 2.18. The van der Waals surface area contributed by atoms with Gasteiger partial charge in [-0.25, -0.2) is 4.79 Å². The van der Waals surface area contributed by atoms with Crippen LogP contribution in [0.1, 0.15) is 107 Å². The van der Waals surface area contributed by atoms with E-state index in [1.165, 1.54) is 32.1 Å². The van der Waals surface area contributed by atoms with Crippen LogP contribution in [0.3, 0.4) is 0 Å². The lowest BCUT2D eigenvalue weighted by Crippen LogP contribution is -2.56. The van der Waals surface area contributed by atoms with Gasteiger partial charge in [-0.15, -0.1) is 12.4 Å². The van der Waals surface area contributed by atoms with E-state index in [1.807, 2.05) is 24.3 Å². The molecule has 45 heavy (non-hydrogen) atoms. The zero-order valence-corrected chi connectivity index (χ0v) is 27.4. The van der Waals surface area contributed by atoms with E-state index in [1.54, 1.807) is 9.80 Å². The summed E-state index contributed by atoms with van der Waals surface area (Å²) < 4.78 is 5.94. The van der Waals surface area contributed by atoms with Gasteiger partial charge in [0.2, 0.25) is 11.8 Å². The van der Waals surface area contributed by atoms with E-state index in [9.17, 15) is 24.4 Å². The van der Waals surface area contributed by atoms with Crippen LogP contribution in [-0.2, 0) is 27.4 Å². The van der Waals surface area contributed by atoms with Crippen LogP contribution in [0, 0.1) is 5.92 Å². The molecule has 12 heteroatoms. The Morgan fingerprint density at radius 1 is 0.889 bits per heavy atom. The van der Waals surface area contributed by atoms with Crippen molar-refractivity contribution in [1.29, 1.82) is 0 Å². The van der Waals surface area contributed by atoms with E-state index in [-0.39, 0.29) is 31.3 Å². The summed E-state index contributed by atoms with van der Waals surface area (Å²) in [5.74, 6) is -0.833. The number of amides is 3. The van der Waals surface area contributed by atoms with Crippen molar-refractivity contribution in [2.45, 2.75) is 134 Å². The Morgan fingerprint density at radius 2 is 1.47 bits per heavy atom. The van der Waals surface area contributed by atoms with Gasteiger partial charge in [-0.1, -0.05) is 88.5 Å². The lowest BCUT2D eigenvalue weighted by molar-refractivity contribution is -0.140. The predicted molar refractivity (Wildman–Crippen MR) is 175 cm³/mol. The molecular weight excluding hydrogens is 595 g/mol. The molecule has 3 heterocycles. The fraction of sp³-hybridized carbons (Fsp3) is 0.727. The van der Waals surface area contributed by atoms with Gasteiger partial charge in [-0.2, -0.15) is 0 Å². The van der Waals surface area contributed by atoms with Gasteiger partial charge < -0.3 is 30.3 Å². The zero-order chi connectivity index (χ0) is 30.9. The molecule has 0 radical (unpaired) electrons. The number of nitrogens with one attached hydrogen (secondary N) is 2. The molecule has 0 aromatic heterocycles. The molecule has 0 spiro atoms. The summed E-state index contributed by atoms with van der Waals surface area (Å²) in [4.78, 5) is 44.4. The predicted octanol–water partition coefficient (Wildman–Crippen LogP) is 4.09. The first-order chi connectivity index (χ1) is 21.4. The van der Waals surface area contributed by atoms with Crippen LogP contribution in [0.4, 0.5) is 4.79 Å². The first-order valence-corrected chi connectivity index (χ1v) is 17.1. The Bertz CT molecular complexity index is 1100. The second-order valence-electron chi connectivity index (χ2n) is 13.4. The minimum absolute atomic E-state index is 0. The van der Waals surface area contributed by atoms with Gasteiger partial charge in [0.1, 0.15) is 12.1 Å². The van der Waals surface area contributed by atoms with Crippen LogP contribution >= 0.6 is 12.4 Å². The van der Waals surface area contributed by atoms with Crippen molar-refractivity contribution >= 4 is 37.4 Å². The quantitative estimate of drug-likeness (QED) is 0.355. The summed E-state index contributed by atoms with van der Waals surface area (Å²) in [6.45, 7) is 1.86. The number of hydrogen-bond acceptors (Lipinski definition) is 7. The second kappa shape index (κ2) is 17.5. The molecule has 0 bridgehead atoms. The molecule has 2 saturated heterocycles. The third-order valence-corrected chi connectivity index (χ3v) is 10.1. The topological polar surface area (TPSA) is 131 Å². The average Bonchev–Trinajstić information content (AvgIpc) is 3.65. The van der Waals surface area contributed by atoms with Crippen molar-refractivity contribution in [3.05, 3.63) is 35.4 Å². The molecule has 3 fully saturated rings. The summed E-state index contributed by atoms with van der Waals surface area (Å²) in [5, 5.41) is 26.5. The van der Waals surface area contributed by atoms with Crippen molar-refractivity contribution in [2.75, 3.05) is 13.1 Å². The zero-order valence-electron chi connectivity index (χ0n) is 26.5. The molecule has 1 aromatic carbocycles. The highest BCUT2D eigenvalue weighted by Gasteiger charge is 2.44. The third-order valence-electron chi connectivity index (χ3n) is 10.1. The first-order valence-electron chi connectivity index (χ1n) is 17.1. The molecule has 1 aromatic rings. The number of ether oxygens (including phenoxy) is 1. The van der Waals surface area contributed by atoms with Crippen LogP contribution in [0.2, 0.25) is 0 Å². The van der Waals surface area contributed by atoms with E-state index in [0.29, 0.717) is 31.8 Å². The molecule has 1 aliphatic carbocycles. The number of carbonyl (C=O) groups is 3. The van der Waals surface area contributed by atoms with Gasteiger partial charge in [0, 0.05) is 19.5 Å². The Hall–Kier alpha value is -2.34. The van der Waals surface area contributed by atoms with Gasteiger partial charge in [0.15, 0.2) is 0 Å². The maximum Gasteiger partial charge on any atom is 0.475 e. The maximum atomic E-state index is 14.2. The molecule has 1 unspecified atom stereocenters. The van der Waals surface area contributed by atoms with E-state index in [0.717, 1.165) is 62.6 Å². The smallest absolute Gasteiger partial charge is 0.444 e. The van der Waals surface area contributed by atoms with Gasteiger partial charge in [0.25, 0.3) is 0 Å². The number of benzene rings is 1. The second-order valence-corrected chi connectivity index (χ2v) is 13.4. The van der Waals surface area contributed by atoms with Crippen LogP contribution in [-0.4, -0.2) is 82.1 Å². The average molecular weight is 647 g/mol. The van der Waals surface area contributed by atoms with Gasteiger partial charge in [0.05, 0.1) is 18.5 Å². The number of rotatable bonds is 5. The molecule has 1 saturated carbocycles. The van der Waals surface area contributed by atoms with E-state index in [4.69, 9.17) is 4.74 Å². The molecule has 3 amide bonds. The largest absolute Gasteiger partial charge is 0.475 e. The van der Waals surface area contributed by atoms with Crippen molar-refractivity contribution < 1.29 is 29.2 Å². The molecule has 3 aliphatic heterocycles. The van der Waals surface area contributed by atoms with Crippen molar-refractivity contribution in [1.82, 2.24) is 20.4 Å². The molecule has 4 aliphatic rings. The van der Waals surface area contributed by atoms with Crippen molar-refractivity contribution in [3.63, 3.8) is 0 Å². The van der Waals surface area contributed by atoms with Gasteiger partial charge in [-0.3, -0.25) is 14.5 Å². The normalized spacial score (nSPS) is 27.2. The minimum atomic E-state index is -1.70. The summed E-state index contributed by atoms with van der Waals surface area (Å²) >= 11 is 0. The highest BCUT2D eigenvalue weighted by molar-refractivity contribution is 6.43. The SMILES string of the molecule is Cl.O=C1N[C@@H](B(O)O)CCCCCCCCCC(NCC2CCCCC2)C(=O)N2C[C@H](OC(=O)N3Cc4ccccc4C3)C[C@@H]12. The number of fused-ring (bicyclic) bond motifs is 2. The number of hydrogen-bond donors (Lipinski definition) is 4. The Labute approximate surface area is 274 Å². The minimum Gasteiger partial charge on any atom is -0.444 e. The van der Waals surface area contributed by atoms with E-state index < -0.39 is 43.2 Å². The van der Waals surface area contributed by atoms with Crippen LogP contribution < -0.4 is 10.6 Å². The number of halogens is 1. The van der Waals surface area contributed by atoms with Gasteiger partial charge in [-0.05, 0) is 49.3 Å². The fourth-order valence-corrected chi connectivity index (χ4v) is 7.44. The lowest BCUT2D eigenvalue weighted by atomic mass is 9.76. The Balaban J connectivity index is 0.00000461. The van der Waals surface area contributed by atoms with Crippen LogP contribution in [0.5, 0.6) is 0 Å². The molecule has 4 N–H and O–H groups in total. The Kier molecular flexibility index (Phi) is 13.8. The fourth-order valence-electron chi connectivity index (χ4n) is 7.44. The monoisotopic (exact) mass is 646 g/mol. The summed E-state index contributed by atoms with van der Waals surface area (Å²) in [6.07, 6.45) is 13.3. The highest BCUT2D eigenvalue weighted by Crippen LogP contribution is 2.28. The Morgan fingerprint density at radius 3 is 2.11 bits per heavy atom. The lowest BCUT2D eigenvalue weighted by Gasteiger charge is -2.31. The van der Waals surface area contributed by atoms with E-state index in [2.05, 4.69) is 10.6 Å². The van der Waals surface area contributed by atoms with E-state index >= 15 is 0 Å². The number of carbonyl (C=O) groups excluding carboxylic acids is 3. The maximum absolute atomic E-state index is 14.2. The van der Waals surface area contributed by atoms with Crippen molar-refractivity contribution in [2.24, 2.45) is 5.92 Å². The standard InChI is InChI=1S/C33H51BN4O6.ClH/c39-31-29-19-27(44-33(41)37-21-25-15-11-12-16-26(25)22-37)23-38(29)32(40)28(35-20-24-13-7-6-8-14-24)17-9-4-2-1-3-5-10-18-30(36-31)34(42)43;/h11-12,15-16,24,27-30,35,42-43H,1-10,13-14,17-23H2,(H,36,39);1H/t27-,28?,29+,30-;/m1./s1. The van der Waals surface area contributed by atoms with Gasteiger partial charge >= 0.3 is 13.2 Å². The molecule has 5 rings (SSSR count). The molecule has 10 nitrogen and oxygen atoms in total. The summed E-state index contributed by atoms with van der Waals surface area (Å²) in [7, 11) is -1.70. The van der Waals surface area contributed by atoms with Crippen molar-refractivity contribution in [3.8, 4) is 0 Å². The number of nitrogens with zero attached hydrogens (tertiary/aromatic N) is 2. The molecule has 250 valence electrons. The van der Waals surface area contributed by atoms with Crippen LogP contribution in [0.15, 0.2) is 24.3 Å². The first kappa shape index (κ1) is 35.5.